The number of carbonyl (C=O) groups excluding carboxylic acids is 1. The molecule has 6 nitrogen and oxygen atoms in total. The zero-order valence-electron chi connectivity index (χ0n) is 12.1. The van der Waals surface area contributed by atoms with Gasteiger partial charge in [-0.3, -0.25) is 4.79 Å². The summed E-state index contributed by atoms with van der Waals surface area (Å²) >= 11 is 0. The van der Waals surface area contributed by atoms with Crippen molar-refractivity contribution in [3.63, 3.8) is 0 Å². The lowest BCUT2D eigenvalue weighted by Gasteiger charge is -2.08. The van der Waals surface area contributed by atoms with Crippen molar-refractivity contribution in [1.29, 1.82) is 0 Å². The molecule has 112 valence electrons. The minimum atomic E-state index is -0.306. The van der Waals surface area contributed by atoms with Crippen LogP contribution in [0.3, 0.4) is 0 Å². The molecule has 0 fully saturated rings. The molecule has 1 atom stereocenters. The van der Waals surface area contributed by atoms with Crippen LogP contribution in [-0.2, 0) is 6.54 Å². The molecule has 1 aromatic heterocycles. The first-order chi connectivity index (χ1) is 10.2. The van der Waals surface area contributed by atoms with E-state index < -0.39 is 0 Å². The second-order valence-corrected chi connectivity index (χ2v) is 4.58. The molecule has 0 aliphatic carbocycles. The van der Waals surface area contributed by atoms with E-state index in [0.717, 1.165) is 11.3 Å². The highest BCUT2D eigenvalue weighted by Crippen LogP contribution is 2.17. The summed E-state index contributed by atoms with van der Waals surface area (Å²) in [5, 5.41) is 2.78. The van der Waals surface area contributed by atoms with Gasteiger partial charge in [-0.2, -0.15) is 0 Å². The molecule has 0 spiro atoms. The highest BCUT2D eigenvalue weighted by atomic mass is 16.5. The summed E-state index contributed by atoms with van der Waals surface area (Å²) in [6.07, 6.45) is 2.02. The third-order valence-corrected chi connectivity index (χ3v) is 3.14. The smallest absolute Gasteiger partial charge is 0.273 e. The molecule has 6 heteroatoms. The number of methoxy groups -OCH3 is 1. The van der Waals surface area contributed by atoms with Crippen molar-refractivity contribution >= 4 is 5.91 Å². The minimum Gasteiger partial charge on any atom is -0.496 e. The number of oxazole rings is 1. The number of hydrogen-bond acceptors (Lipinski definition) is 5. The fourth-order valence-electron chi connectivity index (χ4n) is 1.85. The quantitative estimate of drug-likeness (QED) is 0.849. The van der Waals surface area contributed by atoms with Gasteiger partial charge in [0.15, 0.2) is 5.69 Å². The summed E-state index contributed by atoms with van der Waals surface area (Å²) in [7, 11) is 1.59. The van der Waals surface area contributed by atoms with Gasteiger partial charge in [-0.15, -0.1) is 0 Å². The molecular formula is C15H19N3O3. The topological polar surface area (TPSA) is 90.4 Å². The van der Waals surface area contributed by atoms with E-state index in [2.05, 4.69) is 10.3 Å². The van der Waals surface area contributed by atoms with E-state index in [-0.39, 0.29) is 17.6 Å². The maximum absolute atomic E-state index is 12.0. The number of ether oxygens (including phenoxy) is 1. The van der Waals surface area contributed by atoms with Crippen LogP contribution in [0.15, 0.2) is 34.9 Å². The highest BCUT2D eigenvalue weighted by Gasteiger charge is 2.16. The third kappa shape index (κ3) is 3.61. The molecule has 21 heavy (non-hydrogen) atoms. The molecule has 1 unspecified atom stereocenters. The summed E-state index contributed by atoms with van der Waals surface area (Å²) in [6, 6.07) is 7.20. The van der Waals surface area contributed by atoms with Gasteiger partial charge in [-0.1, -0.05) is 25.1 Å². The largest absolute Gasteiger partial charge is 0.496 e. The van der Waals surface area contributed by atoms with E-state index in [1.807, 2.05) is 31.2 Å². The Balaban J connectivity index is 2.00. The minimum absolute atomic E-state index is 0.226. The molecule has 1 amide bonds. The molecule has 1 heterocycles. The summed E-state index contributed by atoms with van der Waals surface area (Å²) in [5.74, 6) is 0.797. The Hall–Kier alpha value is -2.34. The zero-order valence-corrected chi connectivity index (χ0v) is 12.1. The predicted molar refractivity (Wildman–Crippen MR) is 77.9 cm³/mol. The molecule has 0 aliphatic rings. The van der Waals surface area contributed by atoms with Gasteiger partial charge in [0.1, 0.15) is 12.0 Å². The molecule has 0 bridgehead atoms. The lowest BCUT2D eigenvalue weighted by Crippen LogP contribution is -2.23. The normalized spacial score (nSPS) is 12.0. The molecule has 1 aromatic carbocycles. The Kier molecular flexibility index (Phi) is 4.94. The van der Waals surface area contributed by atoms with Crippen molar-refractivity contribution in [2.75, 3.05) is 7.11 Å². The third-order valence-electron chi connectivity index (χ3n) is 3.14. The average molecular weight is 289 g/mol. The number of amides is 1. The first-order valence-electron chi connectivity index (χ1n) is 6.76. The highest BCUT2D eigenvalue weighted by molar-refractivity contribution is 5.91. The van der Waals surface area contributed by atoms with Gasteiger partial charge in [0, 0.05) is 12.1 Å². The number of para-hydroxylation sites is 1. The van der Waals surface area contributed by atoms with Crippen LogP contribution in [0.2, 0.25) is 0 Å². The molecule has 0 saturated carbocycles. The van der Waals surface area contributed by atoms with Crippen LogP contribution in [0.25, 0.3) is 0 Å². The SMILES string of the molecule is CCC(N)c1nc(C(=O)NCc2ccccc2OC)co1. The summed E-state index contributed by atoms with van der Waals surface area (Å²) in [5.41, 5.74) is 6.92. The Labute approximate surface area is 123 Å². The van der Waals surface area contributed by atoms with Crippen LogP contribution in [0.5, 0.6) is 5.75 Å². The van der Waals surface area contributed by atoms with Crippen molar-refractivity contribution in [3.05, 3.63) is 47.7 Å². The number of nitrogens with one attached hydrogen (secondary N) is 1. The Morgan fingerprint density at radius 2 is 2.24 bits per heavy atom. The second-order valence-electron chi connectivity index (χ2n) is 4.58. The van der Waals surface area contributed by atoms with Gasteiger partial charge in [-0.25, -0.2) is 4.98 Å². The Morgan fingerprint density at radius 3 is 2.95 bits per heavy atom. The second kappa shape index (κ2) is 6.90. The maximum atomic E-state index is 12.0. The van der Waals surface area contributed by atoms with Gasteiger partial charge >= 0.3 is 0 Å². The molecule has 0 aliphatic heterocycles. The number of nitrogens with two attached hydrogens (primary N) is 1. The van der Waals surface area contributed by atoms with E-state index in [1.165, 1.54) is 6.26 Å². The van der Waals surface area contributed by atoms with E-state index in [1.54, 1.807) is 7.11 Å². The first-order valence-corrected chi connectivity index (χ1v) is 6.76. The molecule has 2 aromatic rings. The van der Waals surface area contributed by atoms with Crippen LogP contribution in [0.4, 0.5) is 0 Å². The number of rotatable bonds is 6. The molecule has 0 saturated heterocycles. The van der Waals surface area contributed by atoms with Crippen LogP contribution in [-0.4, -0.2) is 18.0 Å². The van der Waals surface area contributed by atoms with Crippen LogP contribution >= 0.6 is 0 Å². The lowest BCUT2D eigenvalue weighted by molar-refractivity contribution is 0.0945. The Morgan fingerprint density at radius 1 is 1.48 bits per heavy atom. The van der Waals surface area contributed by atoms with Crippen LogP contribution < -0.4 is 15.8 Å². The number of benzene rings is 1. The van der Waals surface area contributed by atoms with Crippen molar-refractivity contribution in [3.8, 4) is 5.75 Å². The fourth-order valence-corrected chi connectivity index (χ4v) is 1.85. The van der Waals surface area contributed by atoms with Gasteiger partial charge in [0.25, 0.3) is 5.91 Å². The van der Waals surface area contributed by atoms with E-state index in [9.17, 15) is 4.79 Å². The predicted octanol–water partition coefficient (Wildman–Crippen LogP) is 2.02. The van der Waals surface area contributed by atoms with Crippen molar-refractivity contribution in [1.82, 2.24) is 10.3 Å². The van der Waals surface area contributed by atoms with Crippen molar-refractivity contribution in [2.45, 2.75) is 25.9 Å². The zero-order chi connectivity index (χ0) is 15.2. The van der Waals surface area contributed by atoms with Gasteiger partial charge in [0.2, 0.25) is 5.89 Å². The maximum Gasteiger partial charge on any atom is 0.273 e. The number of carbonyl (C=O) groups is 1. The molecule has 2 rings (SSSR count). The average Bonchev–Trinajstić information content (AvgIpc) is 3.02. The van der Waals surface area contributed by atoms with E-state index in [4.69, 9.17) is 14.9 Å². The molecule has 0 radical (unpaired) electrons. The van der Waals surface area contributed by atoms with E-state index in [0.29, 0.717) is 18.9 Å². The first kappa shape index (κ1) is 15.1. The number of nitrogens with zero attached hydrogens (tertiary/aromatic N) is 1. The van der Waals surface area contributed by atoms with Crippen LogP contribution in [0.1, 0.15) is 41.3 Å². The van der Waals surface area contributed by atoms with Gasteiger partial charge in [0.05, 0.1) is 13.2 Å². The number of aromatic nitrogens is 1. The summed E-state index contributed by atoms with van der Waals surface area (Å²) in [6.45, 7) is 2.28. The standard InChI is InChI=1S/C15H19N3O3/c1-3-11(16)15-18-12(9-21-15)14(19)17-8-10-6-4-5-7-13(10)20-2/h4-7,9,11H,3,8,16H2,1-2H3,(H,17,19). The summed E-state index contributed by atoms with van der Waals surface area (Å²) in [4.78, 5) is 16.1. The van der Waals surface area contributed by atoms with Gasteiger partial charge in [-0.05, 0) is 12.5 Å². The molecular weight excluding hydrogens is 270 g/mol. The van der Waals surface area contributed by atoms with Gasteiger partial charge < -0.3 is 20.2 Å². The van der Waals surface area contributed by atoms with Crippen molar-refractivity contribution < 1.29 is 13.9 Å². The van der Waals surface area contributed by atoms with Crippen LogP contribution in [0, 0.1) is 0 Å². The van der Waals surface area contributed by atoms with Crippen molar-refractivity contribution in [2.24, 2.45) is 5.73 Å². The molecule has 3 N–H and O–H groups in total. The fraction of sp³-hybridized carbons (Fsp3) is 0.333. The number of hydrogen-bond donors (Lipinski definition) is 2. The summed E-state index contributed by atoms with van der Waals surface area (Å²) < 4.78 is 10.4. The Bertz CT molecular complexity index is 610. The van der Waals surface area contributed by atoms with E-state index >= 15 is 0 Å². The monoisotopic (exact) mass is 289 g/mol. The lowest BCUT2D eigenvalue weighted by atomic mass is 10.2.